The summed E-state index contributed by atoms with van der Waals surface area (Å²) < 4.78 is 2.31. The van der Waals surface area contributed by atoms with E-state index in [4.69, 9.17) is 0 Å². The summed E-state index contributed by atoms with van der Waals surface area (Å²) in [5.41, 5.74) is 1.40. The first-order chi connectivity index (χ1) is 7.24. The Morgan fingerprint density at radius 2 is 1.87 bits per heavy atom. The highest BCUT2D eigenvalue weighted by Gasteiger charge is 2.16. The van der Waals surface area contributed by atoms with Crippen LogP contribution in [0.2, 0.25) is 0 Å². The molecule has 0 aromatic heterocycles. The maximum atomic E-state index is 3.52. The quantitative estimate of drug-likeness (QED) is 0.688. The topological polar surface area (TPSA) is 0 Å². The van der Waals surface area contributed by atoms with Gasteiger partial charge in [0.15, 0.2) is 0 Å². The molecule has 0 bridgehead atoms. The maximum Gasteiger partial charge on any atom is 0.0227 e. The zero-order valence-corrected chi connectivity index (χ0v) is 11.0. The molecule has 0 aliphatic heterocycles. The lowest BCUT2D eigenvalue weighted by atomic mass is 9.97. The van der Waals surface area contributed by atoms with E-state index in [1.165, 1.54) is 20.5 Å². The number of allylic oxidation sites excluding steroid dienone is 4. The molecule has 0 spiro atoms. The van der Waals surface area contributed by atoms with Gasteiger partial charge >= 0.3 is 0 Å². The molecule has 3 rings (SSSR count). The maximum absolute atomic E-state index is 3.52. The minimum Gasteiger partial charge on any atom is -0.0652 e. The van der Waals surface area contributed by atoms with Crippen LogP contribution in [-0.4, -0.2) is 0 Å². The molecule has 15 heavy (non-hydrogen) atoms. The molecule has 0 N–H and O–H groups in total. The summed E-state index contributed by atoms with van der Waals surface area (Å²) in [5.74, 6) is 0.439. The van der Waals surface area contributed by atoms with Gasteiger partial charge in [-0.3, -0.25) is 0 Å². The van der Waals surface area contributed by atoms with Crippen molar-refractivity contribution < 1.29 is 0 Å². The van der Waals surface area contributed by atoms with Gasteiger partial charge in [-0.2, -0.15) is 0 Å². The van der Waals surface area contributed by atoms with Crippen LogP contribution in [0.5, 0.6) is 0 Å². The highest BCUT2D eigenvalue weighted by Crippen LogP contribution is 2.28. The van der Waals surface area contributed by atoms with Crippen LogP contribution in [0.3, 0.4) is 0 Å². The molecule has 1 atom stereocenters. The Morgan fingerprint density at radius 1 is 1.00 bits per heavy atom. The van der Waals surface area contributed by atoms with Crippen molar-refractivity contribution >= 4 is 43.5 Å². The number of rotatable bonds is 0. The molecule has 0 unspecified atom stereocenters. The summed E-state index contributed by atoms with van der Waals surface area (Å²) in [7, 11) is 0. The fourth-order valence-electron chi connectivity index (χ4n) is 2.13. The molecule has 0 nitrogen and oxygen atoms in total. The summed E-state index contributed by atoms with van der Waals surface area (Å²) in [4.78, 5) is 0. The van der Waals surface area contributed by atoms with E-state index in [0.717, 1.165) is 4.47 Å². The molecule has 1 aromatic rings. The SMILES string of the molecule is BrC1=C[C@H]2C=c3cc(Br)ccc3=C2C=C1. The molecule has 2 aliphatic rings. The van der Waals surface area contributed by atoms with E-state index >= 15 is 0 Å². The molecule has 0 saturated carbocycles. The predicted octanol–water partition coefficient (Wildman–Crippen LogP) is 2.86. The van der Waals surface area contributed by atoms with Crippen LogP contribution in [-0.2, 0) is 0 Å². The van der Waals surface area contributed by atoms with Gasteiger partial charge in [0.1, 0.15) is 0 Å². The Morgan fingerprint density at radius 3 is 2.73 bits per heavy atom. The normalized spacial score (nSPS) is 21.9. The van der Waals surface area contributed by atoms with Crippen molar-refractivity contribution in [1.82, 2.24) is 0 Å². The lowest BCUT2D eigenvalue weighted by molar-refractivity contribution is 1.17. The van der Waals surface area contributed by atoms with Crippen LogP contribution in [0, 0.1) is 5.92 Å². The van der Waals surface area contributed by atoms with Gasteiger partial charge < -0.3 is 0 Å². The van der Waals surface area contributed by atoms with E-state index in [0.29, 0.717) is 5.92 Å². The molecular weight excluding hydrogens is 316 g/mol. The van der Waals surface area contributed by atoms with Crippen molar-refractivity contribution in [2.45, 2.75) is 0 Å². The fraction of sp³-hybridized carbons (Fsp3) is 0.0769. The molecule has 0 fully saturated rings. The molecule has 0 amide bonds. The van der Waals surface area contributed by atoms with Gasteiger partial charge in [0, 0.05) is 14.9 Å². The molecule has 0 radical (unpaired) electrons. The first-order valence-electron chi connectivity index (χ1n) is 4.81. The number of hydrogen-bond acceptors (Lipinski definition) is 0. The van der Waals surface area contributed by atoms with E-state index in [2.05, 4.69) is 74.4 Å². The van der Waals surface area contributed by atoms with E-state index in [9.17, 15) is 0 Å². The first-order valence-corrected chi connectivity index (χ1v) is 6.40. The van der Waals surface area contributed by atoms with E-state index in [1.807, 2.05) is 0 Å². The lowest BCUT2D eigenvalue weighted by Gasteiger charge is -2.10. The second kappa shape index (κ2) is 3.46. The van der Waals surface area contributed by atoms with Crippen molar-refractivity contribution in [2.24, 2.45) is 5.92 Å². The lowest BCUT2D eigenvalue weighted by Crippen LogP contribution is -2.22. The Kier molecular flexibility index (Phi) is 2.22. The summed E-state index contributed by atoms with van der Waals surface area (Å²) >= 11 is 7.02. The summed E-state index contributed by atoms with van der Waals surface area (Å²) in [6, 6.07) is 6.46. The van der Waals surface area contributed by atoms with Crippen LogP contribution in [0.25, 0.3) is 11.6 Å². The second-order valence-electron chi connectivity index (χ2n) is 3.76. The molecule has 1 aromatic carbocycles. The van der Waals surface area contributed by atoms with E-state index in [1.54, 1.807) is 0 Å². The van der Waals surface area contributed by atoms with Crippen LogP contribution < -0.4 is 10.4 Å². The number of hydrogen-bond donors (Lipinski definition) is 0. The monoisotopic (exact) mass is 322 g/mol. The molecule has 0 heterocycles. The Bertz CT molecular complexity index is 606. The number of halogens is 2. The smallest absolute Gasteiger partial charge is 0.0227 e. The molecule has 74 valence electrons. The van der Waals surface area contributed by atoms with Crippen LogP contribution in [0.15, 0.2) is 45.4 Å². The van der Waals surface area contributed by atoms with Crippen molar-refractivity contribution in [3.8, 4) is 0 Å². The molecule has 0 saturated heterocycles. The Hall–Kier alpha value is -0.600. The highest BCUT2D eigenvalue weighted by molar-refractivity contribution is 9.12. The van der Waals surface area contributed by atoms with Gasteiger partial charge in [-0.1, -0.05) is 56.2 Å². The summed E-state index contributed by atoms with van der Waals surface area (Å²) in [5, 5.41) is 2.68. The van der Waals surface area contributed by atoms with Crippen LogP contribution in [0.4, 0.5) is 0 Å². The van der Waals surface area contributed by atoms with Crippen LogP contribution in [0.1, 0.15) is 0 Å². The Balaban J connectivity index is 2.34. The zero-order valence-electron chi connectivity index (χ0n) is 7.87. The zero-order chi connectivity index (χ0) is 10.4. The van der Waals surface area contributed by atoms with E-state index < -0.39 is 0 Å². The largest absolute Gasteiger partial charge is 0.0652 e. The molecular formula is C13H8Br2. The van der Waals surface area contributed by atoms with Gasteiger partial charge in [0.2, 0.25) is 0 Å². The molecule has 2 aliphatic carbocycles. The first kappa shape index (κ1) is 9.61. The van der Waals surface area contributed by atoms with Crippen molar-refractivity contribution in [3.63, 3.8) is 0 Å². The van der Waals surface area contributed by atoms with Gasteiger partial charge in [-0.05, 0) is 34.2 Å². The molecule has 2 heteroatoms. The number of fused-ring (bicyclic) bond motifs is 2. The van der Waals surface area contributed by atoms with Gasteiger partial charge in [-0.15, -0.1) is 0 Å². The van der Waals surface area contributed by atoms with Crippen LogP contribution >= 0.6 is 31.9 Å². The highest BCUT2D eigenvalue weighted by atomic mass is 79.9. The van der Waals surface area contributed by atoms with Gasteiger partial charge in [0.25, 0.3) is 0 Å². The van der Waals surface area contributed by atoms with Gasteiger partial charge in [0.05, 0.1) is 0 Å². The predicted molar refractivity (Wildman–Crippen MR) is 70.9 cm³/mol. The average Bonchev–Trinajstić information content (AvgIpc) is 2.53. The standard InChI is InChI=1S/C13H8Br2/c14-10-1-3-12-8(6-10)5-9-7-11(15)2-4-13(9)12/h1-8H/t8-/m1/s1. The second-order valence-corrected chi connectivity index (χ2v) is 5.60. The van der Waals surface area contributed by atoms with Crippen molar-refractivity contribution in [3.05, 3.63) is 55.8 Å². The third kappa shape index (κ3) is 1.56. The fourth-order valence-corrected chi connectivity index (χ4v) is 2.93. The third-order valence-electron chi connectivity index (χ3n) is 2.80. The minimum atomic E-state index is 0.439. The summed E-state index contributed by atoms with van der Waals surface area (Å²) in [6.45, 7) is 0. The van der Waals surface area contributed by atoms with E-state index in [-0.39, 0.29) is 0 Å². The van der Waals surface area contributed by atoms with Crippen molar-refractivity contribution in [1.29, 1.82) is 0 Å². The average molecular weight is 324 g/mol. The Labute approximate surface area is 105 Å². The summed E-state index contributed by atoms with van der Waals surface area (Å²) in [6.07, 6.45) is 8.85. The van der Waals surface area contributed by atoms with Crippen molar-refractivity contribution in [2.75, 3.05) is 0 Å². The third-order valence-corrected chi connectivity index (χ3v) is 3.83. The number of benzene rings is 1. The minimum absolute atomic E-state index is 0.439. The van der Waals surface area contributed by atoms with Gasteiger partial charge in [-0.25, -0.2) is 0 Å².